The van der Waals surface area contributed by atoms with E-state index in [4.69, 9.17) is 14.2 Å². The van der Waals surface area contributed by atoms with E-state index in [9.17, 15) is 0 Å². The van der Waals surface area contributed by atoms with Gasteiger partial charge in [0.15, 0.2) is 0 Å². The standard InChI is InChI=1S/C15H23BrO3/c1-3-8-18-14-7-6-13(12-16)15(11-14)19-10-5-9-17-4-2/h6-7,11H,3-5,8-10,12H2,1-2H3. The van der Waals surface area contributed by atoms with Crippen LogP contribution in [0.25, 0.3) is 0 Å². The molecule has 4 heteroatoms. The Labute approximate surface area is 124 Å². The molecule has 0 aliphatic carbocycles. The van der Waals surface area contributed by atoms with Crippen molar-refractivity contribution in [3.8, 4) is 11.5 Å². The first-order valence-electron chi connectivity index (χ1n) is 6.84. The minimum atomic E-state index is 0.664. The number of ether oxygens (including phenoxy) is 3. The molecular weight excluding hydrogens is 308 g/mol. The van der Waals surface area contributed by atoms with Crippen molar-refractivity contribution in [3.63, 3.8) is 0 Å². The van der Waals surface area contributed by atoms with E-state index in [2.05, 4.69) is 22.9 Å². The Kier molecular flexibility index (Phi) is 8.67. The van der Waals surface area contributed by atoms with E-state index < -0.39 is 0 Å². The van der Waals surface area contributed by atoms with Gasteiger partial charge in [0.2, 0.25) is 0 Å². The molecule has 0 amide bonds. The zero-order chi connectivity index (χ0) is 13.9. The van der Waals surface area contributed by atoms with E-state index in [-0.39, 0.29) is 0 Å². The van der Waals surface area contributed by atoms with Crippen LogP contribution in [-0.4, -0.2) is 26.4 Å². The Balaban J connectivity index is 2.52. The van der Waals surface area contributed by atoms with Crippen LogP contribution in [-0.2, 0) is 10.1 Å². The fraction of sp³-hybridized carbons (Fsp3) is 0.600. The van der Waals surface area contributed by atoms with Gasteiger partial charge in [-0.1, -0.05) is 28.9 Å². The molecule has 0 N–H and O–H groups in total. The van der Waals surface area contributed by atoms with Crippen LogP contribution in [0.5, 0.6) is 11.5 Å². The highest BCUT2D eigenvalue weighted by atomic mass is 79.9. The van der Waals surface area contributed by atoms with Crippen LogP contribution >= 0.6 is 15.9 Å². The van der Waals surface area contributed by atoms with E-state index in [0.717, 1.165) is 55.1 Å². The monoisotopic (exact) mass is 330 g/mol. The van der Waals surface area contributed by atoms with Gasteiger partial charge in [0.1, 0.15) is 11.5 Å². The van der Waals surface area contributed by atoms with Crippen molar-refractivity contribution >= 4 is 15.9 Å². The first-order valence-corrected chi connectivity index (χ1v) is 7.96. The second kappa shape index (κ2) is 10.1. The van der Waals surface area contributed by atoms with Gasteiger partial charge in [0, 0.05) is 36.6 Å². The van der Waals surface area contributed by atoms with Gasteiger partial charge in [-0.2, -0.15) is 0 Å². The molecule has 0 aromatic heterocycles. The van der Waals surface area contributed by atoms with E-state index in [1.807, 2.05) is 25.1 Å². The minimum absolute atomic E-state index is 0.664. The quantitative estimate of drug-likeness (QED) is 0.476. The summed E-state index contributed by atoms with van der Waals surface area (Å²) in [6.07, 6.45) is 1.90. The summed E-state index contributed by atoms with van der Waals surface area (Å²) in [6.45, 7) is 6.99. The highest BCUT2D eigenvalue weighted by molar-refractivity contribution is 9.08. The van der Waals surface area contributed by atoms with Crippen LogP contribution < -0.4 is 9.47 Å². The van der Waals surface area contributed by atoms with Gasteiger partial charge in [-0.15, -0.1) is 0 Å². The number of halogens is 1. The maximum absolute atomic E-state index is 5.81. The minimum Gasteiger partial charge on any atom is -0.493 e. The molecule has 1 aromatic carbocycles. The molecule has 0 aliphatic heterocycles. The number of hydrogen-bond donors (Lipinski definition) is 0. The van der Waals surface area contributed by atoms with E-state index in [1.54, 1.807) is 0 Å². The van der Waals surface area contributed by atoms with Crippen LogP contribution in [0, 0.1) is 0 Å². The first-order chi connectivity index (χ1) is 9.31. The zero-order valence-electron chi connectivity index (χ0n) is 11.8. The highest BCUT2D eigenvalue weighted by Gasteiger charge is 2.05. The van der Waals surface area contributed by atoms with E-state index in [1.165, 1.54) is 0 Å². The van der Waals surface area contributed by atoms with Gasteiger partial charge in [0.05, 0.1) is 13.2 Å². The summed E-state index contributed by atoms with van der Waals surface area (Å²) in [5.41, 5.74) is 1.14. The molecule has 0 spiro atoms. The Morgan fingerprint density at radius 1 is 1.05 bits per heavy atom. The summed E-state index contributed by atoms with van der Waals surface area (Å²) >= 11 is 3.47. The molecule has 0 bridgehead atoms. The Bertz CT molecular complexity index is 355. The zero-order valence-corrected chi connectivity index (χ0v) is 13.4. The average molecular weight is 331 g/mol. The van der Waals surface area contributed by atoms with Crippen LogP contribution in [0.15, 0.2) is 18.2 Å². The summed E-state index contributed by atoms with van der Waals surface area (Å²) < 4.78 is 16.7. The van der Waals surface area contributed by atoms with Crippen LogP contribution in [0.3, 0.4) is 0 Å². The first kappa shape index (κ1) is 16.3. The third-order valence-corrected chi connectivity index (χ3v) is 3.15. The van der Waals surface area contributed by atoms with Crippen LogP contribution in [0.1, 0.15) is 32.3 Å². The molecule has 108 valence electrons. The third kappa shape index (κ3) is 6.30. The van der Waals surface area contributed by atoms with Gasteiger partial charge in [-0.05, 0) is 19.4 Å². The summed E-state index contributed by atoms with van der Waals surface area (Å²) in [5.74, 6) is 1.76. The molecular formula is C15H23BrO3. The Morgan fingerprint density at radius 3 is 2.58 bits per heavy atom. The molecule has 0 aliphatic rings. The second-order valence-electron chi connectivity index (χ2n) is 4.15. The fourth-order valence-corrected chi connectivity index (χ4v) is 2.04. The number of rotatable bonds is 10. The highest BCUT2D eigenvalue weighted by Crippen LogP contribution is 2.27. The van der Waals surface area contributed by atoms with Gasteiger partial charge < -0.3 is 14.2 Å². The van der Waals surface area contributed by atoms with E-state index in [0.29, 0.717) is 6.61 Å². The van der Waals surface area contributed by atoms with Crippen molar-refractivity contribution in [2.45, 2.75) is 32.0 Å². The lowest BCUT2D eigenvalue weighted by Crippen LogP contribution is -2.04. The van der Waals surface area contributed by atoms with E-state index >= 15 is 0 Å². The number of hydrogen-bond acceptors (Lipinski definition) is 3. The lowest BCUT2D eigenvalue weighted by Gasteiger charge is -2.12. The summed E-state index contributed by atoms with van der Waals surface area (Å²) in [5, 5.41) is 0.780. The van der Waals surface area contributed by atoms with Crippen molar-refractivity contribution in [1.29, 1.82) is 0 Å². The van der Waals surface area contributed by atoms with Crippen molar-refractivity contribution in [1.82, 2.24) is 0 Å². The SMILES string of the molecule is CCCOc1ccc(CBr)c(OCCCOCC)c1. The maximum atomic E-state index is 5.81. The smallest absolute Gasteiger partial charge is 0.127 e. The molecule has 3 nitrogen and oxygen atoms in total. The Hall–Kier alpha value is -0.740. The fourth-order valence-electron chi connectivity index (χ4n) is 1.58. The molecule has 0 saturated heterocycles. The molecule has 19 heavy (non-hydrogen) atoms. The van der Waals surface area contributed by atoms with Crippen LogP contribution in [0.2, 0.25) is 0 Å². The summed E-state index contributed by atoms with van der Waals surface area (Å²) in [7, 11) is 0. The lowest BCUT2D eigenvalue weighted by atomic mass is 10.2. The predicted molar refractivity (Wildman–Crippen MR) is 81.5 cm³/mol. The van der Waals surface area contributed by atoms with Gasteiger partial charge >= 0.3 is 0 Å². The maximum Gasteiger partial charge on any atom is 0.127 e. The molecule has 1 rings (SSSR count). The Morgan fingerprint density at radius 2 is 1.89 bits per heavy atom. The van der Waals surface area contributed by atoms with Crippen molar-refractivity contribution in [3.05, 3.63) is 23.8 Å². The molecule has 1 aromatic rings. The molecule has 0 atom stereocenters. The molecule has 0 saturated carbocycles. The molecule has 0 fully saturated rings. The van der Waals surface area contributed by atoms with Gasteiger partial charge in [-0.25, -0.2) is 0 Å². The topological polar surface area (TPSA) is 27.7 Å². The van der Waals surface area contributed by atoms with Gasteiger partial charge in [-0.3, -0.25) is 0 Å². The average Bonchev–Trinajstić information content (AvgIpc) is 2.45. The summed E-state index contributed by atoms with van der Waals surface area (Å²) in [6, 6.07) is 5.99. The summed E-state index contributed by atoms with van der Waals surface area (Å²) in [4.78, 5) is 0. The van der Waals surface area contributed by atoms with Crippen molar-refractivity contribution < 1.29 is 14.2 Å². The molecule has 0 unspecified atom stereocenters. The third-order valence-electron chi connectivity index (χ3n) is 2.55. The number of benzene rings is 1. The molecule has 0 heterocycles. The number of alkyl halides is 1. The van der Waals surface area contributed by atoms with Crippen molar-refractivity contribution in [2.75, 3.05) is 26.4 Å². The second-order valence-corrected chi connectivity index (χ2v) is 4.71. The van der Waals surface area contributed by atoms with Crippen LogP contribution in [0.4, 0.5) is 0 Å². The molecule has 0 radical (unpaired) electrons. The normalized spacial score (nSPS) is 10.5. The van der Waals surface area contributed by atoms with Gasteiger partial charge in [0.25, 0.3) is 0 Å². The lowest BCUT2D eigenvalue weighted by molar-refractivity contribution is 0.130. The van der Waals surface area contributed by atoms with Crippen molar-refractivity contribution in [2.24, 2.45) is 0 Å². The largest absolute Gasteiger partial charge is 0.493 e. The predicted octanol–water partition coefficient (Wildman–Crippen LogP) is 4.18.